The van der Waals surface area contributed by atoms with Crippen LogP contribution in [0, 0.1) is 0 Å². The zero-order chi connectivity index (χ0) is 10.0. The van der Waals surface area contributed by atoms with E-state index in [1.165, 1.54) is 17.8 Å². The molecule has 2 nitrogen and oxygen atoms in total. The van der Waals surface area contributed by atoms with Gasteiger partial charge in [-0.1, -0.05) is 6.07 Å². The predicted molar refractivity (Wildman–Crippen MR) is 61.8 cm³/mol. The topological polar surface area (TPSA) is 15.3 Å². The van der Waals surface area contributed by atoms with E-state index in [4.69, 9.17) is 0 Å². The Labute approximate surface area is 89.9 Å². The van der Waals surface area contributed by atoms with Crippen molar-refractivity contribution in [3.05, 3.63) is 22.4 Å². The number of hydrogen-bond donors (Lipinski definition) is 1. The Balaban J connectivity index is 2.20. The van der Waals surface area contributed by atoms with E-state index in [9.17, 15) is 0 Å². The van der Waals surface area contributed by atoms with Crippen LogP contribution in [0.5, 0.6) is 0 Å². The highest BCUT2D eigenvalue weighted by Crippen LogP contribution is 2.27. The largest absolute Gasteiger partial charge is 0.306 e. The summed E-state index contributed by atoms with van der Waals surface area (Å²) in [6.07, 6.45) is 1.25. The van der Waals surface area contributed by atoms with Crippen molar-refractivity contribution in [1.29, 1.82) is 0 Å². The number of thiophene rings is 1. The normalized spacial score (nSPS) is 30.1. The van der Waals surface area contributed by atoms with Gasteiger partial charge in [-0.3, -0.25) is 0 Å². The van der Waals surface area contributed by atoms with Crippen LogP contribution in [0.2, 0.25) is 0 Å². The maximum absolute atomic E-state index is 3.66. The molecule has 0 amide bonds. The van der Waals surface area contributed by atoms with Gasteiger partial charge in [0.05, 0.1) is 5.54 Å². The maximum Gasteiger partial charge on any atom is 0.0628 e. The zero-order valence-electron chi connectivity index (χ0n) is 8.92. The van der Waals surface area contributed by atoms with Gasteiger partial charge in [-0.2, -0.15) is 0 Å². The zero-order valence-corrected chi connectivity index (χ0v) is 9.73. The van der Waals surface area contributed by atoms with Crippen LogP contribution in [0.1, 0.15) is 18.2 Å². The van der Waals surface area contributed by atoms with E-state index in [-0.39, 0.29) is 5.54 Å². The monoisotopic (exact) mass is 210 g/mol. The van der Waals surface area contributed by atoms with Crippen LogP contribution in [0.25, 0.3) is 0 Å². The quantitative estimate of drug-likeness (QED) is 0.761. The van der Waals surface area contributed by atoms with Gasteiger partial charge in [-0.05, 0) is 44.9 Å². The lowest BCUT2D eigenvalue weighted by atomic mass is 10.00. The average Bonchev–Trinajstić information content (AvgIpc) is 2.61. The molecule has 0 radical (unpaired) electrons. The molecule has 0 bridgehead atoms. The average molecular weight is 210 g/mol. The summed E-state index contributed by atoms with van der Waals surface area (Å²) in [4.78, 5) is 3.87. The number of rotatable bonds is 1. The lowest BCUT2D eigenvalue weighted by Crippen LogP contribution is -2.44. The summed E-state index contributed by atoms with van der Waals surface area (Å²) in [7, 11) is 2.21. The molecule has 1 aromatic heterocycles. The van der Waals surface area contributed by atoms with Crippen LogP contribution >= 0.6 is 11.3 Å². The molecule has 1 aromatic rings. The summed E-state index contributed by atoms with van der Waals surface area (Å²) in [5.41, 5.74) is 0.152. The summed E-state index contributed by atoms with van der Waals surface area (Å²) < 4.78 is 0. The Morgan fingerprint density at radius 1 is 1.57 bits per heavy atom. The first-order chi connectivity index (χ1) is 6.71. The highest BCUT2D eigenvalue weighted by atomic mass is 32.1. The van der Waals surface area contributed by atoms with Gasteiger partial charge >= 0.3 is 0 Å². The molecule has 78 valence electrons. The summed E-state index contributed by atoms with van der Waals surface area (Å²) in [5.74, 6) is 0. The van der Waals surface area contributed by atoms with E-state index in [2.05, 4.69) is 41.7 Å². The Bertz CT molecular complexity index is 283. The Hall–Kier alpha value is -0.380. The van der Waals surface area contributed by atoms with Crippen LogP contribution in [0.3, 0.4) is 0 Å². The van der Waals surface area contributed by atoms with E-state index in [0.717, 1.165) is 13.1 Å². The highest BCUT2D eigenvalue weighted by molar-refractivity contribution is 7.10. The molecule has 1 aliphatic heterocycles. The van der Waals surface area contributed by atoms with E-state index in [1.54, 1.807) is 0 Å². The van der Waals surface area contributed by atoms with Crippen molar-refractivity contribution < 1.29 is 0 Å². The third kappa shape index (κ3) is 2.00. The van der Waals surface area contributed by atoms with Crippen LogP contribution in [0.4, 0.5) is 0 Å². The first-order valence-corrected chi connectivity index (χ1v) is 6.06. The van der Waals surface area contributed by atoms with Crippen LogP contribution in [-0.4, -0.2) is 31.6 Å². The molecule has 1 atom stereocenters. The fourth-order valence-corrected chi connectivity index (χ4v) is 3.00. The molecule has 0 spiro atoms. The lowest BCUT2D eigenvalue weighted by molar-refractivity contribution is 0.263. The minimum Gasteiger partial charge on any atom is -0.306 e. The standard InChI is InChI=1S/C11H18N2S/c1-11(10-5-3-8-14-10)9-13(2)7-4-6-12-11/h3,5,8,12H,4,6-7,9H2,1-2H3. The SMILES string of the molecule is CN1CCCNC(C)(c2cccs2)C1. The van der Waals surface area contributed by atoms with Crippen molar-refractivity contribution in [2.24, 2.45) is 0 Å². The second kappa shape index (κ2) is 4.01. The second-order valence-electron chi connectivity index (χ2n) is 4.33. The summed E-state index contributed by atoms with van der Waals surface area (Å²) in [6, 6.07) is 4.37. The fourth-order valence-electron chi connectivity index (χ4n) is 2.15. The van der Waals surface area contributed by atoms with Crippen LogP contribution in [0.15, 0.2) is 17.5 Å². The van der Waals surface area contributed by atoms with Crippen molar-refractivity contribution in [2.75, 3.05) is 26.7 Å². The molecule has 2 rings (SSSR count). The lowest BCUT2D eigenvalue weighted by Gasteiger charge is -2.31. The van der Waals surface area contributed by atoms with Crippen molar-refractivity contribution >= 4 is 11.3 Å². The summed E-state index contributed by atoms with van der Waals surface area (Å²) >= 11 is 1.85. The van der Waals surface area contributed by atoms with E-state index < -0.39 is 0 Å². The number of nitrogens with zero attached hydrogens (tertiary/aromatic N) is 1. The summed E-state index contributed by atoms with van der Waals surface area (Å²) in [6.45, 7) is 5.74. The number of hydrogen-bond acceptors (Lipinski definition) is 3. The third-order valence-electron chi connectivity index (χ3n) is 2.88. The first-order valence-electron chi connectivity index (χ1n) is 5.18. The van der Waals surface area contributed by atoms with Gasteiger partial charge < -0.3 is 10.2 Å². The smallest absolute Gasteiger partial charge is 0.0628 e. The van der Waals surface area contributed by atoms with Gasteiger partial charge in [0.25, 0.3) is 0 Å². The van der Waals surface area contributed by atoms with Gasteiger partial charge in [0, 0.05) is 11.4 Å². The maximum atomic E-state index is 3.66. The number of nitrogens with one attached hydrogen (secondary N) is 1. The van der Waals surface area contributed by atoms with Gasteiger partial charge in [0.15, 0.2) is 0 Å². The summed E-state index contributed by atoms with van der Waals surface area (Å²) in [5, 5.41) is 5.82. The highest BCUT2D eigenvalue weighted by Gasteiger charge is 2.30. The molecule has 1 unspecified atom stereocenters. The van der Waals surface area contributed by atoms with Crippen molar-refractivity contribution in [3.63, 3.8) is 0 Å². The predicted octanol–water partition coefficient (Wildman–Crippen LogP) is 1.89. The van der Waals surface area contributed by atoms with Gasteiger partial charge in [0.1, 0.15) is 0 Å². The minimum atomic E-state index is 0.152. The van der Waals surface area contributed by atoms with Gasteiger partial charge in [0.2, 0.25) is 0 Å². The molecule has 14 heavy (non-hydrogen) atoms. The van der Waals surface area contributed by atoms with E-state index >= 15 is 0 Å². The first kappa shape index (κ1) is 10.1. The minimum absolute atomic E-state index is 0.152. The van der Waals surface area contributed by atoms with Gasteiger partial charge in [-0.25, -0.2) is 0 Å². The van der Waals surface area contributed by atoms with E-state index in [0.29, 0.717) is 0 Å². The molecule has 3 heteroatoms. The molecular formula is C11H18N2S. The molecule has 2 heterocycles. The van der Waals surface area contributed by atoms with Gasteiger partial charge in [-0.15, -0.1) is 11.3 Å². The van der Waals surface area contributed by atoms with E-state index in [1.807, 2.05) is 11.3 Å². The molecule has 0 saturated carbocycles. The van der Waals surface area contributed by atoms with Crippen LogP contribution in [-0.2, 0) is 5.54 Å². The van der Waals surface area contributed by atoms with Crippen molar-refractivity contribution in [2.45, 2.75) is 18.9 Å². The third-order valence-corrected chi connectivity index (χ3v) is 4.02. The Kier molecular flexibility index (Phi) is 2.91. The molecule has 1 aliphatic rings. The van der Waals surface area contributed by atoms with Crippen molar-refractivity contribution in [1.82, 2.24) is 10.2 Å². The molecular weight excluding hydrogens is 192 g/mol. The second-order valence-corrected chi connectivity index (χ2v) is 5.28. The molecule has 1 saturated heterocycles. The molecule has 1 fully saturated rings. The fraction of sp³-hybridized carbons (Fsp3) is 0.636. The van der Waals surface area contributed by atoms with Crippen LogP contribution < -0.4 is 5.32 Å². The van der Waals surface area contributed by atoms with Crippen molar-refractivity contribution in [3.8, 4) is 0 Å². The molecule has 1 N–H and O–H groups in total. The Morgan fingerprint density at radius 3 is 3.14 bits per heavy atom. The number of likely N-dealkylation sites (N-methyl/N-ethyl adjacent to an activating group) is 1. The molecule has 0 aromatic carbocycles. The molecule has 0 aliphatic carbocycles. The Morgan fingerprint density at radius 2 is 2.43 bits per heavy atom.